The summed E-state index contributed by atoms with van der Waals surface area (Å²) in [6.45, 7) is 4.69. The number of nitrogens with one attached hydrogen (secondary N) is 2. The van der Waals surface area contributed by atoms with Crippen molar-refractivity contribution in [2.24, 2.45) is 0 Å². The molecule has 0 aliphatic rings. The number of anilines is 1. The number of methoxy groups -OCH3 is 1. The molecule has 172 valence electrons. The summed E-state index contributed by atoms with van der Waals surface area (Å²) in [5.41, 5.74) is 2.31. The number of para-hydroxylation sites is 1. The monoisotopic (exact) mass is 467 g/mol. The molecule has 0 atom stereocenters. The van der Waals surface area contributed by atoms with Gasteiger partial charge in [-0.3, -0.25) is 9.59 Å². The zero-order valence-corrected chi connectivity index (χ0v) is 19.4. The van der Waals surface area contributed by atoms with Crippen molar-refractivity contribution in [2.45, 2.75) is 32.1 Å². The highest BCUT2D eigenvalue weighted by molar-refractivity contribution is 7.99. The van der Waals surface area contributed by atoms with Gasteiger partial charge in [-0.25, -0.2) is 4.79 Å². The number of aromatic nitrogens is 3. The molecule has 0 aliphatic carbocycles. The minimum absolute atomic E-state index is 0.0728. The summed E-state index contributed by atoms with van der Waals surface area (Å²) in [5, 5.41) is 14.5. The Bertz CT molecular complexity index is 1140. The summed E-state index contributed by atoms with van der Waals surface area (Å²) in [4.78, 5) is 36.7. The smallest absolute Gasteiger partial charge is 0.339 e. The second-order valence-electron chi connectivity index (χ2n) is 7.07. The lowest BCUT2D eigenvalue weighted by molar-refractivity contribution is -0.113. The summed E-state index contributed by atoms with van der Waals surface area (Å²) in [7, 11) is 1.29. The number of hydrogen-bond acceptors (Lipinski definition) is 7. The van der Waals surface area contributed by atoms with Crippen molar-refractivity contribution < 1.29 is 19.1 Å². The van der Waals surface area contributed by atoms with Crippen molar-refractivity contribution in [3.63, 3.8) is 0 Å². The summed E-state index contributed by atoms with van der Waals surface area (Å²) >= 11 is 1.22. The maximum atomic E-state index is 12.5. The highest BCUT2D eigenvalue weighted by Gasteiger charge is 2.16. The molecule has 2 aromatic carbocycles. The van der Waals surface area contributed by atoms with Crippen molar-refractivity contribution in [1.82, 2.24) is 20.1 Å². The fourth-order valence-electron chi connectivity index (χ4n) is 3.04. The fourth-order valence-corrected chi connectivity index (χ4v) is 3.86. The number of carbonyl (C=O) groups is 3. The van der Waals surface area contributed by atoms with E-state index in [1.54, 1.807) is 36.4 Å². The van der Waals surface area contributed by atoms with E-state index in [4.69, 9.17) is 4.74 Å². The highest BCUT2D eigenvalue weighted by Crippen LogP contribution is 2.20. The quantitative estimate of drug-likeness (QED) is 0.367. The van der Waals surface area contributed by atoms with E-state index in [1.807, 2.05) is 30.5 Å². The van der Waals surface area contributed by atoms with E-state index in [1.165, 1.54) is 18.9 Å². The number of ether oxygens (including phenoxy) is 1. The zero-order chi connectivity index (χ0) is 23.8. The van der Waals surface area contributed by atoms with Crippen LogP contribution in [-0.4, -0.2) is 45.4 Å². The molecule has 0 radical (unpaired) electrons. The Morgan fingerprint density at radius 3 is 2.48 bits per heavy atom. The molecule has 0 fully saturated rings. The lowest BCUT2D eigenvalue weighted by Crippen LogP contribution is -2.24. The number of aryl methyl sites for hydroxylation is 1. The predicted octanol–water partition coefficient (Wildman–Crippen LogP) is 3.05. The van der Waals surface area contributed by atoms with Gasteiger partial charge in [0.1, 0.15) is 0 Å². The third-order valence-corrected chi connectivity index (χ3v) is 5.74. The number of nitrogens with zero attached hydrogens (tertiary/aromatic N) is 3. The second kappa shape index (κ2) is 11.3. The first-order valence-corrected chi connectivity index (χ1v) is 11.3. The minimum Gasteiger partial charge on any atom is -0.465 e. The molecule has 0 spiro atoms. The topological polar surface area (TPSA) is 115 Å². The van der Waals surface area contributed by atoms with Gasteiger partial charge >= 0.3 is 5.97 Å². The molecule has 0 bridgehead atoms. The SMILES string of the molecule is CCn1c(CNC(=O)c2ccc(C)cc2)nnc1SCC(=O)Nc1ccccc1C(=O)OC. The number of esters is 1. The van der Waals surface area contributed by atoms with Crippen LogP contribution in [0.15, 0.2) is 53.7 Å². The summed E-state index contributed by atoms with van der Waals surface area (Å²) < 4.78 is 6.59. The van der Waals surface area contributed by atoms with Crippen LogP contribution in [0, 0.1) is 6.92 Å². The molecule has 10 heteroatoms. The molecular weight excluding hydrogens is 442 g/mol. The van der Waals surface area contributed by atoms with Crippen molar-refractivity contribution in [1.29, 1.82) is 0 Å². The van der Waals surface area contributed by atoms with Gasteiger partial charge in [0.25, 0.3) is 5.91 Å². The molecule has 1 aromatic heterocycles. The maximum Gasteiger partial charge on any atom is 0.339 e. The first kappa shape index (κ1) is 24.0. The second-order valence-corrected chi connectivity index (χ2v) is 8.01. The normalized spacial score (nSPS) is 10.5. The number of thioether (sulfide) groups is 1. The standard InChI is InChI=1S/C23H25N5O4S/c1-4-28-19(13-24-21(30)16-11-9-15(2)10-12-16)26-27-23(28)33-14-20(29)25-18-8-6-5-7-17(18)22(31)32-3/h5-12H,4,13-14H2,1-3H3,(H,24,30)(H,25,29). The van der Waals surface area contributed by atoms with Crippen LogP contribution in [0.1, 0.15) is 39.0 Å². The van der Waals surface area contributed by atoms with E-state index in [2.05, 4.69) is 20.8 Å². The van der Waals surface area contributed by atoms with Crippen LogP contribution in [0.4, 0.5) is 5.69 Å². The molecule has 3 aromatic rings. The average molecular weight is 468 g/mol. The minimum atomic E-state index is -0.526. The van der Waals surface area contributed by atoms with Gasteiger partial charge in [-0.15, -0.1) is 10.2 Å². The molecule has 0 saturated heterocycles. The molecule has 1 heterocycles. The van der Waals surface area contributed by atoms with Gasteiger partial charge < -0.3 is 19.9 Å². The number of hydrogen-bond donors (Lipinski definition) is 2. The molecule has 3 rings (SSSR count). The largest absolute Gasteiger partial charge is 0.465 e. The van der Waals surface area contributed by atoms with E-state index in [9.17, 15) is 14.4 Å². The highest BCUT2D eigenvalue weighted by atomic mass is 32.2. The van der Waals surface area contributed by atoms with Gasteiger partial charge in [0.05, 0.1) is 30.7 Å². The van der Waals surface area contributed by atoms with Crippen LogP contribution in [0.2, 0.25) is 0 Å². The third kappa shape index (κ3) is 6.19. The molecule has 0 aliphatic heterocycles. The summed E-state index contributed by atoms with van der Waals surface area (Å²) in [5.74, 6) is -0.350. The van der Waals surface area contributed by atoms with Crippen LogP contribution in [0.3, 0.4) is 0 Å². The molecule has 33 heavy (non-hydrogen) atoms. The van der Waals surface area contributed by atoms with Crippen molar-refractivity contribution in [3.05, 3.63) is 71.0 Å². The van der Waals surface area contributed by atoms with Gasteiger partial charge in [-0.05, 0) is 38.1 Å². The van der Waals surface area contributed by atoms with Crippen LogP contribution in [-0.2, 0) is 22.6 Å². The lowest BCUT2D eigenvalue weighted by atomic mass is 10.1. The fraction of sp³-hybridized carbons (Fsp3) is 0.261. The Morgan fingerprint density at radius 2 is 1.79 bits per heavy atom. The zero-order valence-electron chi connectivity index (χ0n) is 18.6. The van der Waals surface area contributed by atoms with Gasteiger partial charge in [0.2, 0.25) is 5.91 Å². The van der Waals surface area contributed by atoms with E-state index in [0.717, 1.165) is 5.56 Å². The molecule has 2 N–H and O–H groups in total. The summed E-state index contributed by atoms with van der Waals surface area (Å²) in [6, 6.07) is 13.9. The Hall–Kier alpha value is -3.66. The first-order chi connectivity index (χ1) is 15.9. The number of rotatable bonds is 9. The van der Waals surface area contributed by atoms with E-state index >= 15 is 0 Å². The van der Waals surface area contributed by atoms with Crippen LogP contribution in [0.25, 0.3) is 0 Å². The Kier molecular flexibility index (Phi) is 8.20. The Balaban J connectivity index is 1.59. The molecule has 9 nitrogen and oxygen atoms in total. The third-order valence-electron chi connectivity index (χ3n) is 4.77. The molecular formula is C23H25N5O4S. The molecule has 2 amide bonds. The Morgan fingerprint density at radius 1 is 1.06 bits per heavy atom. The van der Waals surface area contributed by atoms with Crippen molar-refractivity contribution in [3.8, 4) is 0 Å². The Labute approximate surface area is 195 Å². The van der Waals surface area contributed by atoms with E-state index in [-0.39, 0.29) is 29.7 Å². The van der Waals surface area contributed by atoms with E-state index in [0.29, 0.717) is 28.8 Å². The van der Waals surface area contributed by atoms with E-state index < -0.39 is 5.97 Å². The molecule has 0 saturated carbocycles. The molecule has 0 unspecified atom stereocenters. The van der Waals surface area contributed by atoms with Gasteiger partial charge in [-0.1, -0.05) is 41.6 Å². The van der Waals surface area contributed by atoms with Crippen LogP contribution < -0.4 is 10.6 Å². The van der Waals surface area contributed by atoms with Crippen LogP contribution in [0.5, 0.6) is 0 Å². The van der Waals surface area contributed by atoms with Crippen LogP contribution >= 0.6 is 11.8 Å². The number of carbonyl (C=O) groups excluding carboxylic acids is 3. The summed E-state index contributed by atoms with van der Waals surface area (Å²) in [6.07, 6.45) is 0. The number of amides is 2. The average Bonchev–Trinajstić information content (AvgIpc) is 3.23. The van der Waals surface area contributed by atoms with Gasteiger partial charge in [-0.2, -0.15) is 0 Å². The van der Waals surface area contributed by atoms with Crippen molar-refractivity contribution in [2.75, 3.05) is 18.2 Å². The van der Waals surface area contributed by atoms with Gasteiger partial charge in [0, 0.05) is 12.1 Å². The predicted molar refractivity (Wildman–Crippen MR) is 125 cm³/mol. The number of benzene rings is 2. The maximum absolute atomic E-state index is 12.5. The lowest BCUT2D eigenvalue weighted by Gasteiger charge is -2.10. The van der Waals surface area contributed by atoms with Gasteiger partial charge in [0.15, 0.2) is 11.0 Å². The first-order valence-electron chi connectivity index (χ1n) is 10.3. The van der Waals surface area contributed by atoms with Crippen molar-refractivity contribution >= 4 is 35.2 Å².